The van der Waals surface area contributed by atoms with Crippen molar-refractivity contribution < 1.29 is 13.9 Å². The van der Waals surface area contributed by atoms with Crippen LogP contribution in [-0.4, -0.2) is 11.0 Å². The molecule has 0 aliphatic heterocycles. The van der Waals surface area contributed by atoms with Crippen LogP contribution in [0.2, 0.25) is 5.02 Å². The Morgan fingerprint density at radius 2 is 2.12 bits per heavy atom. The highest BCUT2D eigenvalue weighted by atomic mass is 79.9. The molecule has 1 heterocycles. The van der Waals surface area contributed by atoms with Gasteiger partial charge >= 0.3 is 5.97 Å². The number of ether oxygens (including phenoxy) is 1. The maximum atomic E-state index is 13.7. The summed E-state index contributed by atoms with van der Waals surface area (Å²) in [5.41, 5.74) is 1.45. The Labute approximate surface area is 155 Å². The fraction of sp³-hybridized carbons (Fsp3) is 0.0588. The fourth-order valence-electron chi connectivity index (χ4n) is 2.01. The molecule has 24 heavy (non-hydrogen) atoms. The Kier molecular flexibility index (Phi) is 5.28. The summed E-state index contributed by atoms with van der Waals surface area (Å²) in [7, 11) is 0. The van der Waals surface area contributed by atoms with Gasteiger partial charge in [-0.25, -0.2) is 9.37 Å². The quantitative estimate of drug-likeness (QED) is 0.408. The van der Waals surface area contributed by atoms with E-state index in [-0.39, 0.29) is 12.2 Å². The average molecular weight is 427 g/mol. The number of benzene rings is 2. The topological polar surface area (TPSA) is 39.2 Å². The van der Waals surface area contributed by atoms with Crippen molar-refractivity contribution in [1.29, 1.82) is 0 Å². The van der Waals surface area contributed by atoms with E-state index in [1.54, 1.807) is 23.6 Å². The van der Waals surface area contributed by atoms with Gasteiger partial charge in [-0.15, -0.1) is 11.3 Å². The van der Waals surface area contributed by atoms with Crippen molar-refractivity contribution in [3.05, 3.63) is 68.9 Å². The van der Waals surface area contributed by atoms with E-state index >= 15 is 0 Å². The molecule has 3 aromatic rings. The molecule has 122 valence electrons. The van der Waals surface area contributed by atoms with Gasteiger partial charge in [0.15, 0.2) is 11.6 Å². The molecule has 0 bridgehead atoms. The molecule has 0 atom stereocenters. The minimum absolute atomic E-state index is 0.0351. The normalized spacial score (nSPS) is 10.6. The van der Waals surface area contributed by atoms with Crippen LogP contribution in [-0.2, 0) is 11.2 Å². The molecule has 3 rings (SSSR count). The average Bonchev–Trinajstić information content (AvgIpc) is 2.98. The predicted molar refractivity (Wildman–Crippen MR) is 96.0 cm³/mol. The predicted octanol–water partition coefficient (Wildman–Crippen LogP) is 5.51. The second-order valence-electron chi connectivity index (χ2n) is 4.88. The van der Waals surface area contributed by atoms with Crippen molar-refractivity contribution in [1.82, 2.24) is 4.98 Å². The van der Waals surface area contributed by atoms with Crippen LogP contribution in [0.5, 0.6) is 5.75 Å². The summed E-state index contributed by atoms with van der Waals surface area (Å²) in [4.78, 5) is 16.4. The zero-order valence-corrected chi connectivity index (χ0v) is 15.3. The van der Waals surface area contributed by atoms with Crippen LogP contribution in [0, 0.1) is 5.82 Å². The van der Waals surface area contributed by atoms with E-state index < -0.39 is 11.8 Å². The number of rotatable bonds is 4. The summed E-state index contributed by atoms with van der Waals surface area (Å²) in [5.74, 6) is -1.27. The molecule has 0 aliphatic rings. The molecule has 0 aliphatic carbocycles. The molecule has 0 unspecified atom stereocenters. The summed E-state index contributed by atoms with van der Waals surface area (Å²) in [6.45, 7) is 0. The molecular weight excluding hydrogens is 417 g/mol. The van der Waals surface area contributed by atoms with Crippen molar-refractivity contribution >= 4 is 44.8 Å². The molecule has 0 radical (unpaired) electrons. The third-order valence-electron chi connectivity index (χ3n) is 3.07. The van der Waals surface area contributed by atoms with Gasteiger partial charge in [0.25, 0.3) is 0 Å². The number of halogens is 3. The van der Waals surface area contributed by atoms with Gasteiger partial charge in [-0.05, 0) is 30.3 Å². The first-order valence-electron chi connectivity index (χ1n) is 6.87. The Morgan fingerprint density at radius 1 is 1.29 bits per heavy atom. The fourth-order valence-corrected chi connectivity index (χ4v) is 3.35. The second kappa shape index (κ2) is 7.42. The highest BCUT2D eigenvalue weighted by Crippen LogP contribution is 2.26. The van der Waals surface area contributed by atoms with Gasteiger partial charge in [0.05, 0.1) is 12.1 Å². The van der Waals surface area contributed by atoms with Crippen molar-refractivity contribution in [3.8, 4) is 16.3 Å². The van der Waals surface area contributed by atoms with Gasteiger partial charge in [-0.2, -0.15) is 0 Å². The highest BCUT2D eigenvalue weighted by molar-refractivity contribution is 9.10. The van der Waals surface area contributed by atoms with E-state index in [9.17, 15) is 9.18 Å². The van der Waals surface area contributed by atoms with E-state index in [2.05, 4.69) is 20.9 Å². The number of hydrogen-bond donors (Lipinski definition) is 0. The van der Waals surface area contributed by atoms with Crippen LogP contribution in [0.3, 0.4) is 0 Å². The van der Waals surface area contributed by atoms with Crippen molar-refractivity contribution in [2.75, 3.05) is 0 Å². The van der Waals surface area contributed by atoms with Gasteiger partial charge < -0.3 is 4.74 Å². The number of carbonyl (C=O) groups is 1. The van der Waals surface area contributed by atoms with E-state index in [0.717, 1.165) is 10.6 Å². The molecule has 0 fully saturated rings. The second-order valence-corrected chi connectivity index (χ2v) is 7.09. The maximum Gasteiger partial charge on any atom is 0.317 e. The van der Waals surface area contributed by atoms with Crippen LogP contribution in [0.1, 0.15) is 5.69 Å². The lowest BCUT2D eigenvalue weighted by Crippen LogP contribution is -2.12. The Morgan fingerprint density at radius 3 is 2.88 bits per heavy atom. The van der Waals surface area contributed by atoms with Crippen LogP contribution in [0.15, 0.2) is 52.3 Å². The molecule has 0 N–H and O–H groups in total. The zero-order chi connectivity index (χ0) is 17.1. The number of carbonyl (C=O) groups excluding carboxylic acids is 1. The van der Waals surface area contributed by atoms with E-state index in [1.165, 1.54) is 23.5 Å². The minimum atomic E-state index is -0.601. The number of aromatic nitrogens is 1. The summed E-state index contributed by atoms with van der Waals surface area (Å²) < 4.78 is 19.3. The van der Waals surface area contributed by atoms with Crippen molar-refractivity contribution in [2.45, 2.75) is 6.42 Å². The molecule has 3 nitrogen and oxygen atoms in total. The van der Waals surface area contributed by atoms with Gasteiger partial charge in [0.2, 0.25) is 0 Å². The van der Waals surface area contributed by atoms with Gasteiger partial charge in [0, 0.05) is 20.4 Å². The Hall–Kier alpha value is -1.76. The summed E-state index contributed by atoms with van der Waals surface area (Å²) in [6, 6.07) is 11.6. The lowest BCUT2D eigenvalue weighted by Gasteiger charge is -2.04. The first-order valence-corrected chi connectivity index (χ1v) is 8.92. The molecule has 0 saturated heterocycles. The highest BCUT2D eigenvalue weighted by Gasteiger charge is 2.13. The summed E-state index contributed by atoms with van der Waals surface area (Å²) in [5, 5.41) is 3.15. The van der Waals surface area contributed by atoms with E-state index in [0.29, 0.717) is 15.2 Å². The third kappa shape index (κ3) is 4.20. The summed E-state index contributed by atoms with van der Waals surface area (Å²) in [6.07, 6.45) is -0.0351. The van der Waals surface area contributed by atoms with Crippen LogP contribution < -0.4 is 4.74 Å². The van der Waals surface area contributed by atoms with E-state index in [4.69, 9.17) is 16.3 Å². The third-order valence-corrected chi connectivity index (χ3v) is 4.74. The zero-order valence-electron chi connectivity index (χ0n) is 12.1. The van der Waals surface area contributed by atoms with Gasteiger partial charge in [0.1, 0.15) is 5.01 Å². The van der Waals surface area contributed by atoms with Gasteiger partial charge in [-0.1, -0.05) is 39.7 Å². The van der Waals surface area contributed by atoms with Gasteiger partial charge in [-0.3, -0.25) is 4.79 Å². The van der Waals surface area contributed by atoms with E-state index in [1.807, 2.05) is 12.1 Å². The minimum Gasteiger partial charge on any atom is -0.423 e. The number of hydrogen-bond acceptors (Lipinski definition) is 4. The first kappa shape index (κ1) is 17.1. The molecule has 7 heteroatoms. The number of thiazole rings is 1. The molecule has 0 spiro atoms. The van der Waals surface area contributed by atoms with Crippen LogP contribution >= 0.6 is 38.9 Å². The maximum absolute atomic E-state index is 13.7. The Balaban J connectivity index is 1.69. The lowest BCUT2D eigenvalue weighted by molar-refractivity contribution is -0.133. The first-order chi connectivity index (χ1) is 11.5. The SMILES string of the molecule is O=C(Cc1csc(-c2cccc(Cl)c2)n1)Oc1ccc(Br)cc1F. The number of esters is 1. The Bertz CT molecular complexity index is 900. The number of nitrogens with zero attached hydrogens (tertiary/aromatic N) is 1. The smallest absolute Gasteiger partial charge is 0.317 e. The molecular formula is C17H10BrClFNO2S. The largest absolute Gasteiger partial charge is 0.423 e. The van der Waals surface area contributed by atoms with Crippen molar-refractivity contribution in [3.63, 3.8) is 0 Å². The monoisotopic (exact) mass is 425 g/mol. The van der Waals surface area contributed by atoms with Crippen LogP contribution in [0.25, 0.3) is 10.6 Å². The lowest BCUT2D eigenvalue weighted by atomic mass is 10.2. The molecule has 0 saturated carbocycles. The molecule has 0 amide bonds. The van der Waals surface area contributed by atoms with Crippen LogP contribution in [0.4, 0.5) is 4.39 Å². The molecule has 1 aromatic heterocycles. The van der Waals surface area contributed by atoms with Crippen molar-refractivity contribution in [2.24, 2.45) is 0 Å². The summed E-state index contributed by atoms with van der Waals surface area (Å²) >= 11 is 10.5. The standard InChI is InChI=1S/C17H10BrClFNO2S/c18-11-4-5-15(14(20)7-11)23-16(22)8-13-9-24-17(21-13)10-2-1-3-12(19)6-10/h1-7,9H,8H2. The molecule has 2 aromatic carbocycles.